The van der Waals surface area contributed by atoms with Crippen LogP contribution < -0.4 is 5.32 Å². The molecule has 2 rings (SSSR count). The zero-order valence-electron chi connectivity index (χ0n) is 9.28. The van der Waals surface area contributed by atoms with Crippen LogP contribution in [-0.2, 0) is 17.8 Å². The summed E-state index contributed by atoms with van der Waals surface area (Å²) in [6.07, 6.45) is 6.50. The maximum atomic E-state index is 5.46. The van der Waals surface area contributed by atoms with Crippen molar-refractivity contribution in [3.8, 4) is 0 Å². The van der Waals surface area contributed by atoms with Crippen LogP contribution in [0.25, 0.3) is 0 Å². The highest BCUT2D eigenvalue weighted by Gasteiger charge is 2.14. The normalized spacial score (nSPS) is 21.8. The first kappa shape index (κ1) is 10.6. The lowest BCUT2D eigenvalue weighted by atomic mass is 10.0. The highest BCUT2D eigenvalue weighted by atomic mass is 16.5. The predicted octanol–water partition coefficient (Wildman–Crippen LogP) is 1.03. The third-order valence-corrected chi connectivity index (χ3v) is 2.77. The zero-order valence-corrected chi connectivity index (χ0v) is 9.28. The van der Waals surface area contributed by atoms with Gasteiger partial charge in [-0.2, -0.15) is 5.10 Å². The average molecular weight is 209 g/mol. The molecule has 15 heavy (non-hydrogen) atoms. The van der Waals surface area contributed by atoms with Gasteiger partial charge in [-0.05, 0) is 19.9 Å². The second-order valence-electron chi connectivity index (χ2n) is 4.18. The third-order valence-electron chi connectivity index (χ3n) is 2.77. The van der Waals surface area contributed by atoms with E-state index in [4.69, 9.17) is 4.74 Å². The van der Waals surface area contributed by atoms with Gasteiger partial charge in [0.05, 0.1) is 12.8 Å². The van der Waals surface area contributed by atoms with Gasteiger partial charge >= 0.3 is 0 Å². The fraction of sp³-hybridized carbons (Fsp3) is 0.727. The summed E-state index contributed by atoms with van der Waals surface area (Å²) in [5.41, 5.74) is 1.24. The molecule has 1 fully saturated rings. The fourth-order valence-electron chi connectivity index (χ4n) is 2.02. The van der Waals surface area contributed by atoms with Gasteiger partial charge in [-0.15, -0.1) is 0 Å². The summed E-state index contributed by atoms with van der Waals surface area (Å²) >= 11 is 0. The van der Waals surface area contributed by atoms with Gasteiger partial charge in [0.2, 0.25) is 0 Å². The first-order valence-electron chi connectivity index (χ1n) is 5.62. The Hall–Kier alpha value is -0.870. The lowest BCUT2D eigenvalue weighted by molar-refractivity contribution is 0.0470. The SMILES string of the molecule is CNCc1cnn(CC2CCCOC2)c1. The van der Waals surface area contributed by atoms with Crippen molar-refractivity contribution in [2.75, 3.05) is 20.3 Å². The molecule has 0 amide bonds. The quantitative estimate of drug-likeness (QED) is 0.805. The number of rotatable bonds is 4. The molecule has 2 heterocycles. The smallest absolute Gasteiger partial charge is 0.0534 e. The van der Waals surface area contributed by atoms with Gasteiger partial charge < -0.3 is 10.1 Å². The summed E-state index contributed by atoms with van der Waals surface area (Å²) in [5.74, 6) is 0.640. The Morgan fingerprint density at radius 2 is 2.60 bits per heavy atom. The Balaban J connectivity index is 1.86. The van der Waals surface area contributed by atoms with Gasteiger partial charge in [0, 0.05) is 37.4 Å². The number of nitrogens with one attached hydrogen (secondary N) is 1. The molecule has 0 saturated carbocycles. The summed E-state index contributed by atoms with van der Waals surface area (Å²) in [5, 5.41) is 7.47. The summed E-state index contributed by atoms with van der Waals surface area (Å²) in [6, 6.07) is 0. The molecule has 1 atom stereocenters. The van der Waals surface area contributed by atoms with Gasteiger partial charge in [0.15, 0.2) is 0 Å². The minimum absolute atomic E-state index is 0.640. The van der Waals surface area contributed by atoms with Crippen molar-refractivity contribution in [3.63, 3.8) is 0 Å². The van der Waals surface area contributed by atoms with E-state index in [0.29, 0.717) is 5.92 Å². The van der Waals surface area contributed by atoms with Crippen molar-refractivity contribution in [2.24, 2.45) is 5.92 Å². The van der Waals surface area contributed by atoms with E-state index in [1.54, 1.807) is 0 Å². The number of aromatic nitrogens is 2. The number of hydrogen-bond acceptors (Lipinski definition) is 3. The average Bonchev–Trinajstić information content (AvgIpc) is 2.68. The molecule has 1 N–H and O–H groups in total. The molecular weight excluding hydrogens is 190 g/mol. The number of ether oxygens (including phenoxy) is 1. The Kier molecular flexibility index (Phi) is 3.75. The molecule has 84 valence electrons. The lowest BCUT2D eigenvalue weighted by Crippen LogP contribution is -2.22. The van der Waals surface area contributed by atoms with Crippen LogP contribution in [0.2, 0.25) is 0 Å². The van der Waals surface area contributed by atoms with Gasteiger partial charge in [0.1, 0.15) is 0 Å². The fourth-order valence-corrected chi connectivity index (χ4v) is 2.02. The van der Waals surface area contributed by atoms with Crippen LogP contribution in [0, 0.1) is 5.92 Å². The van der Waals surface area contributed by atoms with Gasteiger partial charge in [-0.1, -0.05) is 0 Å². The van der Waals surface area contributed by atoms with Crippen molar-refractivity contribution < 1.29 is 4.74 Å². The molecule has 1 unspecified atom stereocenters. The monoisotopic (exact) mass is 209 g/mol. The van der Waals surface area contributed by atoms with Crippen LogP contribution in [-0.4, -0.2) is 30.0 Å². The molecule has 1 aromatic rings. The second kappa shape index (κ2) is 5.28. The summed E-state index contributed by atoms with van der Waals surface area (Å²) < 4.78 is 7.49. The number of nitrogens with zero attached hydrogens (tertiary/aromatic N) is 2. The molecule has 0 radical (unpaired) electrons. The van der Waals surface area contributed by atoms with Gasteiger partial charge in [-0.25, -0.2) is 0 Å². The molecule has 4 heteroatoms. The molecular formula is C11H19N3O. The Bertz CT molecular complexity index is 292. The van der Waals surface area contributed by atoms with Crippen LogP contribution in [0.4, 0.5) is 0 Å². The third kappa shape index (κ3) is 3.04. The van der Waals surface area contributed by atoms with Gasteiger partial charge in [0.25, 0.3) is 0 Å². The van der Waals surface area contributed by atoms with E-state index in [1.165, 1.54) is 18.4 Å². The van der Waals surface area contributed by atoms with Crippen LogP contribution in [0.15, 0.2) is 12.4 Å². The summed E-state index contributed by atoms with van der Waals surface area (Å²) in [7, 11) is 1.95. The minimum Gasteiger partial charge on any atom is -0.381 e. The van der Waals surface area contributed by atoms with Crippen LogP contribution in [0.3, 0.4) is 0 Å². The number of hydrogen-bond donors (Lipinski definition) is 1. The van der Waals surface area contributed by atoms with Crippen molar-refractivity contribution in [1.29, 1.82) is 0 Å². The van der Waals surface area contributed by atoms with Crippen molar-refractivity contribution in [1.82, 2.24) is 15.1 Å². The van der Waals surface area contributed by atoms with Gasteiger partial charge in [-0.3, -0.25) is 4.68 Å². The predicted molar refractivity (Wildman–Crippen MR) is 58.5 cm³/mol. The molecule has 0 aliphatic carbocycles. The maximum absolute atomic E-state index is 5.46. The second-order valence-corrected chi connectivity index (χ2v) is 4.18. The van der Waals surface area contributed by atoms with E-state index >= 15 is 0 Å². The molecule has 1 aliphatic heterocycles. The minimum atomic E-state index is 0.640. The standard InChI is InChI=1S/C11H19N3O/c1-12-5-11-6-13-14(8-11)7-10-3-2-4-15-9-10/h6,8,10,12H,2-5,7,9H2,1H3. The highest BCUT2D eigenvalue weighted by Crippen LogP contribution is 2.15. The topological polar surface area (TPSA) is 39.1 Å². The maximum Gasteiger partial charge on any atom is 0.0534 e. The summed E-state index contributed by atoms with van der Waals surface area (Å²) in [4.78, 5) is 0. The van der Waals surface area contributed by atoms with E-state index in [0.717, 1.165) is 26.3 Å². The Morgan fingerprint density at radius 1 is 1.67 bits per heavy atom. The molecule has 1 saturated heterocycles. The van der Waals surface area contributed by atoms with Crippen LogP contribution >= 0.6 is 0 Å². The van der Waals surface area contributed by atoms with E-state index in [1.807, 2.05) is 17.9 Å². The molecule has 0 bridgehead atoms. The van der Waals surface area contributed by atoms with E-state index in [9.17, 15) is 0 Å². The molecule has 0 spiro atoms. The van der Waals surface area contributed by atoms with E-state index < -0.39 is 0 Å². The van der Waals surface area contributed by atoms with Crippen molar-refractivity contribution in [3.05, 3.63) is 18.0 Å². The van der Waals surface area contributed by atoms with Crippen LogP contribution in [0.1, 0.15) is 18.4 Å². The molecule has 1 aromatic heterocycles. The van der Waals surface area contributed by atoms with Crippen molar-refractivity contribution in [2.45, 2.75) is 25.9 Å². The first-order chi connectivity index (χ1) is 7.38. The van der Waals surface area contributed by atoms with E-state index in [2.05, 4.69) is 16.6 Å². The highest BCUT2D eigenvalue weighted by molar-refractivity contribution is 5.03. The molecule has 4 nitrogen and oxygen atoms in total. The first-order valence-corrected chi connectivity index (χ1v) is 5.62. The molecule has 1 aliphatic rings. The largest absolute Gasteiger partial charge is 0.381 e. The zero-order chi connectivity index (χ0) is 10.5. The Morgan fingerprint density at radius 3 is 3.33 bits per heavy atom. The molecule has 0 aromatic carbocycles. The van der Waals surface area contributed by atoms with E-state index in [-0.39, 0.29) is 0 Å². The van der Waals surface area contributed by atoms with Crippen LogP contribution in [0.5, 0.6) is 0 Å². The Labute approximate surface area is 90.6 Å². The summed E-state index contributed by atoms with van der Waals surface area (Å²) in [6.45, 7) is 3.70. The lowest BCUT2D eigenvalue weighted by Gasteiger charge is -2.21. The van der Waals surface area contributed by atoms with Crippen molar-refractivity contribution >= 4 is 0 Å².